The quantitative estimate of drug-likeness (QED) is 0.140. The third-order valence-corrected chi connectivity index (χ3v) is 6.53. The van der Waals surface area contributed by atoms with Crippen LogP contribution in [0.1, 0.15) is 5.82 Å². The summed E-state index contributed by atoms with van der Waals surface area (Å²) < 4.78 is 5.59. The predicted octanol–water partition coefficient (Wildman–Crippen LogP) is -2.31. The van der Waals surface area contributed by atoms with Gasteiger partial charge in [-0.15, -0.1) is 11.8 Å². The molecule has 0 bridgehead atoms. The number of fused-ring (bicyclic) bond motifs is 1. The number of carbonyl (C=O) groups is 3. The molecule has 160 valence electrons. The van der Waals surface area contributed by atoms with Crippen LogP contribution in [0.25, 0.3) is 0 Å². The molecule has 0 radical (unpaired) electrons. The van der Waals surface area contributed by atoms with Gasteiger partial charge in [0.2, 0.25) is 11.5 Å². The molecule has 2 atom stereocenters. The van der Waals surface area contributed by atoms with Gasteiger partial charge in [-0.3, -0.25) is 14.5 Å². The molecule has 1 saturated heterocycles. The molecule has 4 heterocycles. The zero-order valence-electron chi connectivity index (χ0n) is 15.7. The molecular weight excluding hydrogens is 446 g/mol. The van der Waals surface area contributed by atoms with Crippen LogP contribution in [0.4, 0.5) is 5.13 Å². The lowest BCUT2D eigenvalue weighted by molar-refractivity contribution is -0.689. The Morgan fingerprint density at radius 1 is 1.39 bits per heavy atom. The molecule has 2 aromatic rings. The van der Waals surface area contributed by atoms with E-state index < -0.39 is 34.9 Å². The fraction of sp³-hybridized carbons (Fsp3) is 0.235. The molecule has 1 unspecified atom stereocenters. The summed E-state index contributed by atoms with van der Waals surface area (Å²) in [6.45, 7) is 0.281. The molecule has 12 nitrogen and oxygen atoms in total. The average Bonchev–Trinajstić information content (AvgIpc) is 3.18. The van der Waals surface area contributed by atoms with E-state index in [1.165, 1.54) is 11.8 Å². The Hall–Kier alpha value is -3.52. The molecule has 0 spiro atoms. The fourth-order valence-electron chi connectivity index (χ4n) is 3.29. The summed E-state index contributed by atoms with van der Waals surface area (Å²) in [6, 6.07) is 4.44. The van der Waals surface area contributed by atoms with Gasteiger partial charge in [0.05, 0.1) is 11.7 Å². The maximum Gasteiger partial charge on any atom is 0.278 e. The Bertz CT molecular complexity index is 1120. The van der Waals surface area contributed by atoms with Gasteiger partial charge < -0.3 is 26.2 Å². The Morgan fingerprint density at radius 2 is 2.13 bits per heavy atom. The van der Waals surface area contributed by atoms with Crippen molar-refractivity contribution in [3.05, 3.63) is 47.7 Å². The first-order chi connectivity index (χ1) is 14.9. The summed E-state index contributed by atoms with van der Waals surface area (Å²) in [4.78, 5) is 41.9. The Balaban J connectivity index is 1.52. The first-order valence-corrected chi connectivity index (χ1v) is 10.7. The van der Waals surface area contributed by atoms with Crippen molar-refractivity contribution < 1.29 is 29.3 Å². The molecule has 0 saturated carbocycles. The van der Waals surface area contributed by atoms with Gasteiger partial charge in [0, 0.05) is 35.0 Å². The minimum Gasteiger partial charge on any atom is -0.543 e. The molecule has 1 fully saturated rings. The molecule has 2 aliphatic rings. The second-order valence-corrected chi connectivity index (χ2v) is 8.44. The van der Waals surface area contributed by atoms with Crippen molar-refractivity contribution in [3.8, 4) is 0 Å². The molecule has 14 heteroatoms. The summed E-state index contributed by atoms with van der Waals surface area (Å²) in [5.41, 5.74) is 5.30. The van der Waals surface area contributed by atoms with E-state index in [4.69, 9.17) is 10.9 Å². The number of hydrogen-bond donors (Lipinski definition) is 3. The van der Waals surface area contributed by atoms with Gasteiger partial charge >= 0.3 is 0 Å². The third kappa shape index (κ3) is 3.82. The monoisotopic (exact) mass is 461 g/mol. The van der Waals surface area contributed by atoms with E-state index in [9.17, 15) is 19.5 Å². The first kappa shape index (κ1) is 20.7. The molecule has 0 aromatic carbocycles. The number of anilines is 1. The maximum absolute atomic E-state index is 12.7. The normalized spacial score (nSPS) is 20.8. The smallest absolute Gasteiger partial charge is 0.278 e. The number of rotatable bonds is 6. The number of pyridine rings is 1. The summed E-state index contributed by atoms with van der Waals surface area (Å²) in [7, 11) is 0. The van der Waals surface area contributed by atoms with Crippen LogP contribution in [0.15, 0.2) is 47.0 Å². The third-order valence-electron chi connectivity index (χ3n) is 4.65. The van der Waals surface area contributed by atoms with Crippen LogP contribution < -0.4 is 20.7 Å². The molecular formula is C17H15N7O5S2. The Labute approximate surface area is 183 Å². The number of aliphatic carboxylic acids is 1. The van der Waals surface area contributed by atoms with Gasteiger partial charge in [-0.25, -0.2) is 4.57 Å². The average molecular weight is 461 g/mol. The summed E-state index contributed by atoms with van der Waals surface area (Å²) in [5.74, 6) is -2.81. The number of carboxylic acid groups (broad SMARTS) is 1. The van der Waals surface area contributed by atoms with Gasteiger partial charge in [0.1, 0.15) is 11.4 Å². The number of carbonyl (C=O) groups excluding carboxylic acids is 3. The van der Waals surface area contributed by atoms with Gasteiger partial charge in [-0.05, 0) is 0 Å². The molecule has 4 rings (SSSR count). The van der Waals surface area contributed by atoms with E-state index in [1.807, 2.05) is 18.2 Å². The van der Waals surface area contributed by atoms with Gasteiger partial charge in [-0.2, -0.15) is 9.36 Å². The minimum absolute atomic E-state index is 0.0743. The summed E-state index contributed by atoms with van der Waals surface area (Å²) in [6.07, 6.45) is 3.57. The number of aromatic nitrogens is 3. The lowest BCUT2D eigenvalue weighted by Gasteiger charge is -2.50. The topological polar surface area (TPSA) is 178 Å². The predicted molar refractivity (Wildman–Crippen MR) is 106 cm³/mol. The van der Waals surface area contributed by atoms with Crippen molar-refractivity contribution in [1.82, 2.24) is 19.6 Å². The van der Waals surface area contributed by atoms with Crippen LogP contribution in [-0.4, -0.2) is 60.1 Å². The highest BCUT2D eigenvalue weighted by atomic mass is 32.2. The van der Waals surface area contributed by atoms with Crippen molar-refractivity contribution in [1.29, 1.82) is 0 Å². The van der Waals surface area contributed by atoms with E-state index in [0.717, 1.165) is 16.4 Å². The van der Waals surface area contributed by atoms with Crippen molar-refractivity contribution in [2.75, 3.05) is 11.5 Å². The van der Waals surface area contributed by atoms with Crippen molar-refractivity contribution in [2.24, 2.45) is 5.16 Å². The number of nitrogens with one attached hydrogen (secondary N) is 1. The fourth-order valence-corrected chi connectivity index (χ4v) is 5.06. The first-order valence-electron chi connectivity index (χ1n) is 8.85. The van der Waals surface area contributed by atoms with Crippen LogP contribution in [0.5, 0.6) is 0 Å². The highest BCUT2D eigenvalue weighted by Gasteiger charge is 2.53. The minimum atomic E-state index is -1.46. The molecule has 2 aromatic heterocycles. The van der Waals surface area contributed by atoms with E-state index in [0.29, 0.717) is 11.3 Å². The lowest BCUT2D eigenvalue weighted by atomic mass is 10.0. The number of nitrogens with zero attached hydrogens (tertiary/aromatic N) is 5. The SMILES string of the molecule is Nc1nc(C(=NO)C(=O)NC2C(=O)N3C(C(=O)[O-])=C(C[n+]4ccccc4)CS[C@@H]23)ns1. The summed E-state index contributed by atoms with van der Waals surface area (Å²) in [5, 5.41) is 25.8. The van der Waals surface area contributed by atoms with Gasteiger partial charge in [0.25, 0.3) is 11.8 Å². The molecule has 4 N–H and O–H groups in total. The van der Waals surface area contributed by atoms with Crippen LogP contribution in [-0.2, 0) is 20.9 Å². The highest BCUT2D eigenvalue weighted by Crippen LogP contribution is 2.40. The standard InChI is InChI=1S/C17H15N7O5S2/c18-17-20-12(22-31-17)9(21-29)13(25)19-10-14(26)24-11(16(27)28)8(7-30-15(10)24)6-23-4-2-1-3-5-23/h1-5,10,15H,6-7H2,(H4-,18,19,20,22,25,27,28,29)/t10?,15-/m0/s1. The largest absolute Gasteiger partial charge is 0.543 e. The number of amides is 2. The summed E-state index contributed by atoms with van der Waals surface area (Å²) >= 11 is 2.12. The number of hydrogen-bond acceptors (Lipinski definition) is 11. The second kappa shape index (κ2) is 8.31. The van der Waals surface area contributed by atoms with Gasteiger partial charge in [-0.1, -0.05) is 11.2 Å². The second-order valence-electron chi connectivity index (χ2n) is 6.55. The lowest BCUT2D eigenvalue weighted by Crippen LogP contribution is -2.71. The zero-order chi connectivity index (χ0) is 22.1. The number of thioether (sulfide) groups is 1. The van der Waals surface area contributed by atoms with E-state index in [2.05, 4.69) is 19.8 Å². The molecule has 2 aliphatic heterocycles. The molecule has 2 amide bonds. The highest BCUT2D eigenvalue weighted by molar-refractivity contribution is 8.00. The molecule has 31 heavy (non-hydrogen) atoms. The number of nitrogens with two attached hydrogens (primary N) is 1. The van der Waals surface area contributed by atoms with Crippen LogP contribution >= 0.6 is 23.3 Å². The van der Waals surface area contributed by atoms with Crippen molar-refractivity contribution in [3.63, 3.8) is 0 Å². The number of oxime groups is 1. The number of β-lactam (4-membered cyclic amide) rings is 1. The van der Waals surface area contributed by atoms with Crippen molar-refractivity contribution >= 4 is 51.9 Å². The number of carboxylic acids is 1. The van der Waals surface area contributed by atoms with Crippen LogP contribution in [0, 0.1) is 0 Å². The number of nitrogen functional groups attached to an aromatic ring is 1. The van der Waals surface area contributed by atoms with E-state index in [-0.39, 0.29) is 23.2 Å². The van der Waals surface area contributed by atoms with E-state index in [1.54, 1.807) is 17.0 Å². The van der Waals surface area contributed by atoms with Crippen LogP contribution in [0.2, 0.25) is 0 Å². The Morgan fingerprint density at radius 3 is 2.74 bits per heavy atom. The Kier molecular flexibility index (Phi) is 5.56. The van der Waals surface area contributed by atoms with Crippen molar-refractivity contribution in [2.45, 2.75) is 18.0 Å². The maximum atomic E-state index is 12.7. The van der Waals surface area contributed by atoms with Gasteiger partial charge in [0.15, 0.2) is 24.1 Å². The zero-order valence-corrected chi connectivity index (χ0v) is 17.3. The van der Waals surface area contributed by atoms with E-state index >= 15 is 0 Å². The molecule has 0 aliphatic carbocycles. The van der Waals surface area contributed by atoms with Crippen LogP contribution in [0.3, 0.4) is 0 Å².